The first kappa shape index (κ1) is 30.6. The number of nitrogens with one attached hydrogen (secondary N) is 1. The van der Waals surface area contributed by atoms with Crippen LogP contribution in [0.1, 0.15) is 99.0 Å². The molecule has 1 aliphatic heterocycles. The van der Waals surface area contributed by atoms with Crippen molar-refractivity contribution >= 4 is 23.6 Å². The molecular weight excluding hydrogens is 516 g/mol. The number of rotatable bonds is 13. The summed E-state index contributed by atoms with van der Waals surface area (Å²) in [5, 5.41) is 12.5. The monoisotopic (exact) mass is 564 g/mol. The molecule has 0 bridgehead atoms. The van der Waals surface area contributed by atoms with Gasteiger partial charge in [0.05, 0.1) is 0 Å². The molecule has 0 radical (unpaired) electrons. The van der Waals surface area contributed by atoms with Crippen molar-refractivity contribution in [2.24, 2.45) is 5.92 Å². The van der Waals surface area contributed by atoms with Crippen molar-refractivity contribution in [1.82, 2.24) is 10.2 Å². The molecule has 5 nitrogen and oxygen atoms in total. The van der Waals surface area contributed by atoms with Crippen LogP contribution in [0, 0.1) is 12.8 Å². The molecule has 2 N–H and O–H groups in total. The first-order chi connectivity index (χ1) is 19.4. The van der Waals surface area contributed by atoms with E-state index >= 15 is 0 Å². The van der Waals surface area contributed by atoms with Crippen LogP contribution >= 0.6 is 11.8 Å². The van der Waals surface area contributed by atoms with E-state index in [1.165, 1.54) is 69.8 Å². The average molecular weight is 565 g/mol. The molecule has 2 aliphatic rings. The van der Waals surface area contributed by atoms with Crippen LogP contribution in [-0.2, 0) is 11.3 Å². The summed E-state index contributed by atoms with van der Waals surface area (Å²) >= 11 is 1.58. The number of carbonyl (C=O) groups is 2. The zero-order valence-corrected chi connectivity index (χ0v) is 25.5. The molecule has 1 saturated carbocycles. The van der Waals surface area contributed by atoms with Crippen molar-refractivity contribution in [3.8, 4) is 11.1 Å². The van der Waals surface area contributed by atoms with Crippen LogP contribution in [0.3, 0.4) is 0 Å². The molecule has 1 heterocycles. The predicted octanol–water partition coefficient (Wildman–Crippen LogP) is 7.70. The maximum Gasteiger partial charge on any atom is 0.326 e. The second-order valence-electron chi connectivity index (χ2n) is 11.9. The molecule has 218 valence electrons. The molecule has 2 aromatic rings. The van der Waals surface area contributed by atoms with Gasteiger partial charge >= 0.3 is 5.97 Å². The molecule has 4 rings (SSSR count). The Hall–Kier alpha value is -2.31. The minimum atomic E-state index is -0.989. The van der Waals surface area contributed by atoms with Crippen molar-refractivity contribution in [1.29, 1.82) is 0 Å². The molecule has 40 heavy (non-hydrogen) atoms. The standard InChI is InChI=1S/C34H48N2O3S/c1-4-10-27-16-17-28(21-25-12-6-5-7-13-25)36(27)23-26-15-18-30(31(22-26)29-14-9-8-11-24(29)2)33(37)35-32(34(38)39)19-20-40-3/h8-9,11,14-15,18,22,25,27-28,32H,4-7,10,12-13,16-17,19-21,23H2,1-3H3,(H,35,37)(H,38,39)/t27?,28-,32?/m0/s1. The molecular formula is C34H48N2O3S. The van der Waals surface area contributed by atoms with Crippen LogP contribution < -0.4 is 5.32 Å². The van der Waals surface area contributed by atoms with Gasteiger partial charge in [-0.15, -0.1) is 0 Å². The lowest BCUT2D eigenvalue weighted by Gasteiger charge is -2.34. The Morgan fingerprint density at radius 3 is 2.48 bits per heavy atom. The summed E-state index contributed by atoms with van der Waals surface area (Å²) < 4.78 is 0. The van der Waals surface area contributed by atoms with Crippen LogP contribution in [0.4, 0.5) is 0 Å². The number of benzene rings is 2. The average Bonchev–Trinajstić information content (AvgIpc) is 3.32. The summed E-state index contributed by atoms with van der Waals surface area (Å²) in [6.07, 6.45) is 15.6. The third-order valence-corrected chi connectivity index (χ3v) is 9.71. The lowest BCUT2D eigenvalue weighted by atomic mass is 9.84. The molecule has 1 saturated heterocycles. The summed E-state index contributed by atoms with van der Waals surface area (Å²) in [6.45, 7) is 5.26. The van der Waals surface area contributed by atoms with Crippen molar-refractivity contribution in [3.63, 3.8) is 0 Å². The molecule has 2 fully saturated rings. The molecule has 2 aromatic carbocycles. The van der Waals surface area contributed by atoms with Crippen LogP contribution in [0.2, 0.25) is 0 Å². The number of carboxylic acids is 1. The van der Waals surface area contributed by atoms with Crippen LogP contribution in [0.5, 0.6) is 0 Å². The highest BCUT2D eigenvalue weighted by Crippen LogP contribution is 2.37. The third-order valence-electron chi connectivity index (χ3n) is 9.07. The van der Waals surface area contributed by atoms with Crippen LogP contribution in [-0.4, -0.2) is 52.0 Å². The molecule has 0 aromatic heterocycles. The Labute approximate surface area is 245 Å². The van der Waals surface area contributed by atoms with Gasteiger partial charge in [0.15, 0.2) is 0 Å². The fourth-order valence-corrected chi connectivity index (χ4v) is 7.37. The van der Waals surface area contributed by atoms with E-state index < -0.39 is 12.0 Å². The second-order valence-corrected chi connectivity index (χ2v) is 12.9. The number of hydrogen-bond acceptors (Lipinski definition) is 4. The van der Waals surface area contributed by atoms with E-state index in [9.17, 15) is 14.7 Å². The molecule has 2 unspecified atom stereocenters. The summed E-state index contributed by atoms with van der Waals surface area (Å²) in [6, 6.07) is 14.7. The van der Waals surface area contributed by atoms with Crippen LogP contribution in [0.15, 0.2) is 42.5 Å². The lowest BCUT2D eigenvalue weighted by molar-refractivity contribution is -0.139. The Bertz CT molecular complexity index is 1130. The normalized spacial score (nSPS) is 20.9. The SMILES string of the molecule is CCCC1CC[C@@H](CC2CCCCC2)N1Cc1ccc(C(=O)NC(CCSC)C(=O)O)c(-c2ccccc2C)c1. The van der Waals surface area contributed by atoms with Gasteiger partial charge < -0.3 is 10.4 Å². The zero-order valence-electron chi connectivity index (χ0n) is 24.7. The molecule has 6 heteroatoms. The number of nitrogens with zero attached hydrogens (tertiary/aromatic N) is 1. The van der Waals surface area contributed by atoms with Gasteiger partial charge in [-0.05, 0) is 91.3 Å². The quantitative estimate of drug-likeness (QED) is 0.261. The van der Waals surface area contributed by atoms with Crippen molar-refractivity contribution in [3.05, 3.63) is 59.2 Å². The number of carbonyl (C=O) groups excluding carboxylic acids is 1. The van der Waals surface area contributed by atoms with E-state index in [0.717, 1.165) is 29.2 Å². The Balaban J connectivity index is 1.62. The van der Waals surface area contributed by atoms with Gasteiger partial charge in [0.25, 0.3) is 5.91 Å². The maximum absolute atomic E-state index is 13.5. The van der Waals surface area contributed by atoms with E-state index in [1.54, 1.807) is 11.8 Å². The van der Waals surface area contributed by atoms with E-state index in [4.69, 9.17) is 0 Å². The molecule has 0 spiro atoms. The third kappa shape index (κ3) is 7.91. The minimum absolute atomic E-state index is 0.321. The topological polar surface area (TPSA) is 69.6 Å². The van der Waals surface area contributed by atoms with Gasteiger partial charge in [-0.1, -0.05) is 75.8 Å². The number of carboxylic acid groups (broad SMARTS) is 1. The summed E-state index contributed by atoms with van der Waals surface area (Å²) in [7, 11) is 0. The van der Waals surface area contributed by atoms with Crippen molar-refractivity contribution in [2.75, 3.05) is 12.0 Å². The summed E-state index contributed by atoms with van der Waals surface area (Å²) in [5.41, 5.74) is 4.78. The zero-order chi connectivity index (χ0) is 28.5. The molecule has 1 amide bonds. The number of thioether (sulfide) groups is 1. The van der Waals surface area contributed by atoms with Crippen LogP contribution in [0.25, 0.3) is 11.1 Å². The summed E-state index contributed by atoms with van der Waals surface area (Å²) in [5.74, 6) is 0.232. The fourth-order valence-electron chi connectivity index (χ4n) is 6.90. The lowest BCUT2D eigenvalue weighted by Crippen LogP contribution is -2.41. The number of hydrogen-bond donors (Lipinski definition) is 2. The number of likely N-dealkylation sites (tertiary alicyclic amines) is 1. The highest BCUT2D eigenvalue weighted by atomic mass is 32.2. The van der Waals surface area contributed by atoms with Crippen molar-refractivity contribution < 1.29 is 14.7 Å². The maximum atomic E-state index is 13.5. The predicted molar refractivity (Wildman–Crippen MR) is 167 cm³/mol. The number of amides is 1. The highest BCUT2D eigenvalue weighted by Gasteiger charge is 2.34. The van der Waals surface area contributed by atoms with Gasteiger partial charge in [0.2, 0.25) is 0 Å². The van der Waals surface area contributed by atoms with E-state index in [0.29, 0.717) is 29.8 Å². The van der Waals surface area contributed by atoms with Gasteiger partial charge in [-0.2, -0.15) is 11.8 Å². The Kier molecular flexibility index (Phi) is 11.5. The van der Waals surface area contributed by atoms with Gasteiger partial charge in [0, 0.05) is 24.2 Å². The number of aliphatic carboxylic acids is 1. The molecule has 1 aliphatic carbocycles. The Morgan fingerprint density at radius 2 is 1.77 bits per heavy atom. The minimum Gasteiger partial charge on any atom is -0.480 e. The molecule has 3 atom stereocenters. The number of aryl methyl sites for hydroxylation is 1. The first-order valence-corrected chi connectivity index (χ1v) is 16.8. The van der Waals surface area contributed by atoms with Gasteiger partial charge in [-0.25, -0.2) is 4.79 Å². The van der Waals surface area contributed by atoms with Crippen molar-refractivity contribution in [2.45, 2.75) is 109 Å². The smallest absolute Gasteiger partial charge is 0.326 e. The van der Waals surface area contributed by atoms with E-state index in [2.05, 4.69) is 48.3 Å². The highest BCUT2D eigenvalue weighted by molar-refractivity contribution is 7.98. The van der Waals surface area contributed by atoms with Gasteiger partial charge in [0.1, 0.15) is 6.04 Å². The largest absolute Gasteiger partial charge is 0.480 e. The Morgan fingerprint density at radius 1 is 1.02 bits per heavy atom. The van der Waals surface area contributed by atoms with E-state index in [1.807, 2.05) is 24.5 Å². The van der Waals surface area contributed by atoms with Gasteiger partial charge in [-0.3, -0.25) is 9.69 Å². The fraction of sp³-hybridized carbons (Fsp3) is 0.588. The first-order valence-electron chi connectivity index (χ1n) is 15.4. The van der Waals surface area contributed by atoms with E-state index in [-0.39, 0.29) is 5.91 Å². The summed E-state index contributed by atoms with van der Waals surface area (Å²) in [4.78, 5) is 28.1. The second kappa shape index (κ2) is 15.1.